The molecule has 0 amide bonds. The number of carbonyl (C=O) groups is 1. The van der Waals surface area contributed by atoms with Crippen molar-refractivity contribution in [2.24, 2.45) is 0 Å². The van der Waals surface area contributed by atoms with Gasteiger partial charge in [-0.2, -0.15) is 0 Å². The molecule has 0 spiro atoms. The van der Waals surface area contributed by atoms with E-state index in [0.29, 0.717) is 13.0 Å². The lowest BCUT2D eigenvalue weighted by atomic mass is 9.99. The van der Waals surface area contributed by atoms with E-state index in [9.17, 15) is 25.2 Å². The van der Waals surface area contributed by atoms with Gasteiger partial charge in [0, 0.05) is 13.0 Å². The molecule has 0 bridgehead atoms. The number of aliphatic hydroxyl groups excluding tert-OH is 4. The van der Waals surface area contributed by atoms with Crippen molar-refractivity contribution < 1.29 is 44.2 Å². The normalized spacial score (nSPS) is 19.6. The fourth-order valence-electron chi connectivity index (χ4n) is 8.46. The first-order chi connectivity index (χ1) is 31.9. The van der Waals surface area contributed by atoms with Crippen LogP contribution in [0.1, 0.15) is 251 Å². The topological polar surface area (TPSA) is 135 Å². The molecule has 0 aromatic heterocycles. The Morgan fingerprint density at radius 3 is 1.35 bits per heavy atom. The molecule has 0 saturated carbocycles. The number of allylic oxidation sites excluding steroid dienone is 6. The minimum Gasteiger partial charge on any atom is -0.457 e. The van der Waals surface area contributed by atoms with Crippen molar-refractivity contribution in [3.05, 3.63) is 36.5 Å². The summed E-state index contributed by atoms with van der Waals surface area (Å²) in [5.41, 5.74) is 0. The van der Waals surface area contributed by atoms with Gasteiger partial charge in [0.15, 0.2) is 6.29 Å². The van der Waals surface area contributed by atoms with E-state index >= 15 is 0 Å². The van der Waals surface area contributed by atoms with Gasteiger partial charge in [-0.3, -0.25) is 4.79 Å². The molecule has 4 N–H and O–H groups in total. The molecule has 0 aliphatic carbocycles. The second-order valence-electron chi connectivity index (χ2n) is 19.0. The monoisotopic (exact) mass is 921 g/mol. The summed E-state index contributed by atoms with van der Waals surface area (Å²) in [6.07, 6.45) is 51.9. The quantitative estimate of drug-likeness (QED) is 0.0267. The zero-order chi connectivity index (χ0) is 47.1. The van der Waals surface area contributed by atoms with Crippen LogP contribution in [0.2, 0.25) is 0 Å². The Kier molecular flexibility index (Phi) is 44.9. The summed E-state index contributed by atoms with van der Waals surface area (Å²) in [6, 6.07) is 0. The van der Waals surface area contributed by atoms with Crippen molar-refractivity contribution in [1.29, 1.82) is 0 Å². The number of ether oxygens (including phenoxy) is 4. The number of aliphatic hydroxyl groups is 4. The fourth-order valence-corrected chi connectivity index (χ4v) is 8.46. The van der Waals surface area contributed by atoms with E-state index in [0.717, 1.165) is 57.8 Å². The van der Waals surface area contributed by atoms with E-state index in [1.165, 1.54) is 173 Å². The summed E-state index contributed by atoms with van der Waals surface area (Å²) < 4.78 is 22.9. The van der Waals surface area contributed by atoms with Crippen LogP contribution in [0, 0.1) is 0 Å². The molecule has 1 fully saturated rings. The van der Waals surface area contributed by atoms with Gasteiger partial charge in [-0.15, -0.1) is 0 Å². The SMILES string of the molecule is CCCCCC/C=C\C/C=C\CCCCCCCC(=O)OC(COCCCCCCCCCCCCCCCC/C=C\CCCCCCCCCC)COC1OC(CO)C(O)C(O)C1O. The molecule has 1 aliphatic rings. The van der Waals surface area contributed by atoms with Crippen molar-refractivity contribution >= 4 is 5.97 Å². The second-order valence-corrected chi connectivity index (χ2v) is 19.0. The maximum atomic E-state index is 12.8. The first-order valence-corrected chi connectivity index (χ1v) is 27.6. The summed E-state index contributed by atoms with van der Waals surface area (Å²) in [5.74, 6) is -0.324. The van der Waals surface area contributed by atoms with Gasteiger partial charge in [-0.1, -0.05) is 211 Å². The minimum atomic E-state index is -1.54. The van der Waals surface area contributed by atoms with Gasteiger partial charge in [-0.25, -0.2) is 0 Å². The first-order valence-electron chi connectivity index (χ1n) is 27.6. The van der Waals surface area contributed by atoms with Crippen molar-refractivity contribution in [2.75, 3.05) is 26.4 Å². The summed E-state index contributed by atoms with van der Waals surface area (Å²) in [4.78, 5) is 12.8. The maximum absolute atomic E-state index is 12.8. The molecule has 1 aliphatic heterocycles. The van der Waals surface area contributed by atoms with Crippen molar-refractivity contribution in [3.8, 4) is 0 Å². The average molecular weight is 921 g/mol. The fraction of sp³-hybridized carbons (Fsp3) is 0.875. The summed E-state index contributed by atoms with van der Waals surface area (Å²) in [7, 11) is 0. The van der Waals surface area contributed by atoms with Crippen LogP contribution >= 0.6 is 0 Å². The lowest BCUT2D eigenvalue weighted by molar-refractivity contribution is -0.305. The average Bonchev–Trinajstić information content (AvgIpc) is 3.31. The molecule has 0 aromatic rings. The molecule has 9 heteroatoms. The van der Waals surface area contributed by atoms with Crippen LogP contribution in [-0.4, -0.2) is 89.6 Å². The number of rotatable bonds is 48. The number of hydrogen-bond acceptors (Lipinski definition) is 9. The molecule has 1 rings (SSSR count). The molecular formula is C56H104O9. The largest absolute Gasteiger partial charge is 0.457 e. The standard InChI is InChI=1S/C56H104O9/c1-3-5-7-9-11-13-15-17-19-21-22-23-24-25-26-27-28-29-30-32-34-36-38-40-42-44-46-62-48-50(49-63-56-55(61)54(60)53(59)51(47-57)65-56)64-52(58)45-43-41-39-37-35-33-31-20-18-16-14-12-10-8-6-4-2/h14,16,20-22,31,50-51,53-57,59-61H,3-13,15,17-19,23-30,32-49H2,1-2H3/b16-14-,22-21-,31-20-. The van der Waals surface area contributed by atoms with Gasteiger partial charge in [0.05, 0.1) is 19.8 Å². The van der Waals surface area contributed by atoms with Gasteiger partial charge in [0.1, 0.15) is 30.5 Å². The van der Waals surface area contributed by atoms with Gasteiger partial charge in [0.2, 0.25) is 0 Å². The number of carbonyl (C=O) groups excluding carboxylic acids is 1. The van der Waals surface area contributed by atoms with E-state index < -0.39 is 43.4 Å². The van der Waals surface area contributed by atoms with Gasteiger partial charge in [-0.05, 0) is 70.6 Å². The highest BCUT2D eigenvalue weighted by atomic mass is 16.7. The highest BCUT2D eigenvalue weighted by Gasteiger charge is 2.44. The van der Waals surface area contributed by atoms with Gasteiger partial charge in [0.25, 0.3) is 0 Å². The Bertz CT molecular complexity index is 1090. The maximum Gasteiger partial charge on any atom is 0.306 e. The molecular weight excluding hydrogens is 817 g/mol. The van der Waals surface area contributed by atoms with Crippen LogP contribution in [-0.2, 0) is 23.7 Å². The third-order valence-corrected chi connectivity index (χ3v) is 12.8. The Morgan fingerprint density at radius 1 is 0.492 bits per heavy atom. The third-order valence-electron chi connectivity index (χ3n) is 12.8. The Hall–Kier alpha value is -1.59. The minimum absolute atomic E-state index is 0.117. The molecule has 382 valence electrons. The van der Waals surface area contributed by atoms with Gasteiger partial charge >= 0.3 is 5.97 Å². The van der Waals surface area contributed by atoms with E-state index in [2.05, 4.69) is 50.3 Å². The summed E-state index contributed by atoms with van der Waals surface area (Å²) in [5, 5.41) is 40.3. The smallest absolute Gasteiger partial charge is 0.306 e. The van der Waals surface area contributed by atoms with Crippen molar-refractivity contribution in [1.82, 2.24) is 0 Å². The Morgan fingerprint density at radius 2 is 0.892 bits per heavy atom. The molecule has 65 heavy (non-hydrogen) atoms. The van der Waals surface area contributed by atoms with Crippen LogP contribution in [0.25, 0.3) is 0 Å². The molecule has 1 heterocycles. The number of esters is 1. The molecule has 0 radical (unpaired) electrons. The third kappa shape index (κ3) is 38.0. The summed E-state index contributed by atoms with van der Waals surface area (Å²) in [6.45, 7) is 4.56. The van der Waals surface area contributed by atoms with E-state index in [1.54, 1.807) is 0 Å². The number of hydrogen-bond donors (Lipinski definition) is 4. The van der Waals surface area contributed by atoms with E-state index in [1.807, 2.05) is 0 Å². The van der Waals surface area contributed by atoms with Crippen LogP contribution in [0.5, 0.6) is 0 Å². The Balaban J connectivity index is 2.15. The lowest BCUT2D eigenvalue weighted by Gasteiger charge is -2.39. The predicted octanol–water partition coefficient (Wildman–Crippen LogP) is 13.9. The lowest BCUT2D eigenvalue weighted by Crippen LogP contribution is -2.59. The van der Waals surface area contributed by atoms with Crippen molar-refractivity contribution in [3.63, 3.8) is 0 Å². The van der Waals surface area contributed by atoms with Gasteiger partial charge < -0.3 is 39.4 Å². The van der Waals surface area contributed by atoms with E-state index in [4.69, 9.17) is 18.9 Å². The van der Waals surface area contributed by atoms with Crippen LogP contribution in [0.4, 0.5) is 0 Å². The Labute approximate surface area is 400 Å². The van der Waals surface area contributed by atoms with Crippen molar-refractivity contribution in [2.45, 2.75) is 288 Å². The molecule has 6 unspecified atom stereocenters. The predicted molar refractivity (Wildman–Crippen MR) is 270 cm³/mol. The van der Waals surface area contributed by atoms with Crippen LogP contribution in [0.3, 0.4) is 0 Å². The highest BCUT2D eigenvalue weighted by Crippen LogP contribution is 2.23. The molecule has 6 atom stereocenters. The molecule has 1 saturated heterocycles. The van der Waals surface area contributed by atoms with Crippen LogP contribution < -0.4 is 0 Å². The zero-order valence-electron chi connectivity index (χ0n) is 42.2. The molecule has 9 nitrogen and oxygen atoms in total. The highest BCUT2D eigenvalue weighted by molar-refractivity contribution is 5.69. The molecule has 0 aromatic carbocycles. The van der Waals surface area contributed by atoms with E-state index in [-0.39, 0.29) is 19.2 Å². The summed E-state index contributed by atoms with van der Waals surface area (Å²) >= 11 is 0. The number of unbranched alkanes of at least 4 members (excludes halogenated alkanes) is 31. The second kappa shape index (κ2) is 47.5. The van der Waals surface area contributed by atoms with Crippen LogP contribution in [0.15, 0.2) is 36.5 Å². The first kappa shape index (κ1) is 61.4. The zero-order valence-corrected chi connectivity index (χ0v) is 42.2.